The summed E-state index contributed by atoms with van der Waals surface area (Å²) < 4.78 is 1.09. The highest BCUT2D eigenvalue weighted by Gasteiger charge is 2.25. The van der Waals surface area contributed by atoms with Crippen LogP contribution in [0.15, 0.2) is 53.0 Å². The van der Waals surface area contributed by atoms with Gasteiger partial charge in [-0.25, -0.2) is 0 Å². The van der Waals surface area contributed by atoms with Gasteiger partial charge >= 0.3 is 0 Å². The molecular weight excluding hydrogens is 388 g/mol. The highest BCUT2D eigenvalue weighted by atomic mass is 79.9. The molecule has 0 aromatic heterocycles. The summed E-state index contributed by atoms with van der Waals surface area (Å²) in [7, 11) is 0. The Bertz CT molecular complexity index is 688. The quantitative estimate of drug-likeness (QED) is 0.777. The molecule has 0 saturated carbocycles. The Morgan fingerprint density at radius 2 is 1.88 bits per heavy atom. The van der Waals surface area contributed by atoms with Gasteiger partial charge in [0.15, 0.2) is 0 Å². The SMILES string of the molecule is O=C(Nc1ccc(Cl)cc1)C1CCCN(Cc2ccc(Br)cc2)C1. The number of amides is 1. The zero-order chi connectivity index (χ0) is 16.9. The van der Waals surface area contributed by atoms with Gasteiger partial charge in [-0.1, -0.05) is 39.7 Å². The molecule has 0 bridgehead atoms. The van der Waals surface area contributed by atoms with Gasteiger partial charge in [-0.15, -0.1) is 0 Å². The molecule has 1 heterocycles. The van der Waals surface area contributed by atoms with Gasteiger partial charge < -0.3 is 5.32 Å². The van der Waals surface area contributed by atoms with Gasteiger partial charge in [0.05, 0.1) is 5.92 Å². The van der Waals surface area contributed by atoms with Crippen LogP contribution in [0.2, 0.25) is 5.02 Å². The number of anilines is 1. The van der Waals surface area contributed by atoms with Crippen LogP contribution in [-0.2, 0) is 11.3 Å². The molecule has 126 valence electrons. The molecular formula is C19H20BrClN2O. The molecule has 1 unspecified atom stereocenters. The molecule has 0 radical (unpaired) electrons. The Kier molecular flexibility index (Phi) is 5.93. The number of likely N-dealkylation sites (tertiary alicyclic amines) is 1. The Labute approximate surface area is 156 Å². The number of carbonyl (C=O) groups excluding carboxylic acids is 1. The number of piperidine rings is 1. The molecule has 1 aliphatic rings. The van der Waals surface area contributed by atoms with Gasteiger partial charge in [0, 0.05) is 28.3 Å². The maximum atomic E-state index is 12.5. The Balaban J connectivity index is 1.57. The number of nitrogens with zero attached hydrogens (tertiary/aromatic N) is 1. The fourth-order valence-corrected chi connectivity index (χ4v) is 3.43. The second kappa shape index (κ2) is 8.15. The first-order valence-corrected chi connectivity index (χ1v) is 9.30. The molecule has 1 N–H and O–H groups in total. The van der Waals surface area contributed by atoms with Crippen LogP contribution in [0, 0.1) is 5.92 Å². The molecule has 1 aliphatic heterocycles. The van der Waals surface area contributed by atoms with E-state index in [0.717, 1.165) is 42.6 Å². The van der Waals surface area contributed by atoms with Crippen molar-refractivity contribution in [2.45, 2.75) is 19.4 Å². The van der Waals surface area contributed by atoms with Crippen molar-refractivity contribution in [1.82, 2.24) is 4.90 Å². The summed E-state index contributed by atoms with van der Waals surface area (Å²) in [4.78, 5) is 14.9. The van der Waals surface area contributed by atoms with Crippen molar-refractivity contribution >= 4 is 39.1 Å². The second-order valence-electron chi connectivity index (χ2n) is 6.20. The highest BCUT2D eigenvalue weighted by molar-refractivity contribution is 9.10. The number of halogens is 2. The van der Waals surface area contributed by atoms with E-state index >= 15 is 0 Å². The van der Waals surface area contributed by atoms with E-state index in [0.29, 0.717) is 5.02 Å². The van der Waals surface area contributed by atoms with Gasteiger partial charge in [-0.05, 0) is 61.3 Å². The van der Waals surface area contributed by atoms with Crippen molar-refractivity contribution < 1.29 is 4.79 Å². The number of nitrogens with one attached hydrogen (secondary N) is 1. The van der Waals surface area contributed by atoms with E-state index in [9.17, 15) is 4.79 Å². The minimum Gasteiger partial charge on any atom is -0.326 e. The third-order valence-corrected chi connectivity index (χ3v) is 5.09. The number of benzene rings is 2. The van der Waals surface area contributed by atoms with E-state index in [1.165, 1.54) is 5.56 Å². The van der Waals surface area contributed by atoms with Gasteiger partial charge in [0.2, 0.25) is 5.91 Å². The molecule has 2 aromatic carbocycles. The van der Waals surface area contributed by atoms with Crippen molar-refractivity contribution in [2.75, 3.05) is 18.4 Å². The van der Waals surface area contributed by atoms with E-state index in [-0.39, 0.29) is 11.8 Å². The first-order valence-electron chi connectivity index (χ1n) is 8.13. The van der Waals surface area contributed by atoms with E-state index < -0.39 is 0 Å². The molecule has 0 spiro atoms. The summed E-state index contributed by atoms with van der Waals surface area (Å²) in [6, 6.07) is 15.6. The molecule has 2 aromatic rings. The maximum absolute atomic E-state index is 12.5. The third-order valence-electron chi connectivity index (χ3n) is 4.31. The lowest BCUT2D eigenvalue weighted by Gasteiger charge is -2.32. The van der Waals surface area contributed by atoms with Crippen LogP contribution in [-0.4, -0.2) is 23.9 Å². The van der Waals surface area contributed by atoms with Gasteiger partial charge in [0.1, 0.15) is 0 Å². The molecule has 0 aliphatic carbocycles. The lowest BCUT2D eigenvalue weighted by Crippen LogP contribution is -2.40. The van der Waals surface area contributed by atoms with Crippen molar-refractivity contribution in [1.29, 1.82) is 0 Å². The van der Waals surface area contributed by atoms with Gasteiger partial charge in [0.25, 0.3) is 0 Å². The molecule has 1 fully saturated rings. The topological polar surface area (TPSA) is 32.3 Å². The standard InChI is InChI=1S/C19H20BrClN2O/c20-16-5-3-14(4-6-16)12-23-11-1-2-15(13-23)19(24)22-18-9-7-17(21)8-10-18/h3-10,15H,1-2,11-13H2,(H,22,24). The predicted molar refractivity (Wildman–Crippen MR) is 102 cm³/mol. The van der Waals surface area contributed by atoms with Crippen molar-refractivity contribution in [3.8, 4) is 0 Å². The van der Waals surface area contributed by atoms with E-state index in [4.69, 9.17) is 11.6 Å². The molecule has 3 rings (SSSR count). The number of rotatable bonds is 4. The van der Waals surface area contributed by atoms with Gasteiger partial charge in [-0.2, -0.15) is 0 Å². The first kappa shape index (κ1) is 17.5. The van der Waals surface area contributed by atoms with Crippen LogP contribution >= 0.6 is 27.5 Å². The number of hydrogen-bond donors (Lipinski definition) is 1. The molecule has 1 amide bonds. The third kappa shape index (κ3) is 4.82. The Hall–Kier alpha value is -1.36. The minimum absolute atomic E-state index is 0.0323. The van der Waals surface area contributed by atoms with Crippen LogP contribution in [0.5, 0.6) is 0 Å². The zero-order valence-electron chi connectivity index (χ0n) is 13.3. The minimum atomic E-state index is 0.0323. The molecule has 5 heteroatoms. The number of carbonyl (C=O) groups is 1. The highest BCUT2D eigenvalue weighted by Crippen LogP contribution is 2.22. The van der Waals surface area contributed by atoms with Crippen LogP contribution in [0.4, 0.5) is 5.69 Å². The fraction of sp³-hybridized carbons (Fsp3) is 0.316. The smallest absolute Gasteiger partial charge is 0.228 e. The monoisotopic (exact) mass is 406 g/mol. The first-order chi connectivity index (χ1) is 11.6. The van der Waals surface area contributed by atoms with E-state index in [2.05, 4.69) is 50.4 Å². The summed E-state index contributed by atoms with van der Waals surface area (Å²) in [5.41, 5.74) is 2.08. The normalized spacial score (nSPS) is 18.3. The molecule has 3 nitrogen and oxygen atoms in total. The average Bonchev–Trinajstić information content (AvgIpc) is 2.59. The summed E-state index contributed by atoms with van der Waals surface area (Å²) in [6.07, 6.45) is 1.99. The largest absolute Gasteiger partial charge is 0.326 e. The summed E-state index contributed by atoms with van der Waals surface area (Å²) >= 11 is 9.34. The lowest BCUT2D eigenvalue weighted by atomic mass is 9.96. The fourth-order valence-electron chi connectivity index (χ4n) is 3.04. The van der Waals surface area contributed by atoms with Crippen molar-refractivity contribution in [3.05, 3.63) is 63.6 Å². The lowest BCUT2D eigenvalue weighted by molar-refractivity contribution is -0.121. The zero-order valence-corrected chi connectivity index (χ0v) is 15.7. The maximum Gasteiger partial charge on any atom is 0.228 e. The van der Waals surface area contributed by atoms with Crippen LogP contribution in [0.1, 0.15) is 18.4 Å². The molecule has 24 heavy (non-hydrogen) atoms. The van der Waals surface area contributed by atoms with Crippen molar-refractivity contribution in [2.24, 2.45) is 5.92 Å². The van der Waals surface area contributed by atoms with Crippen LogP contribution in [0.25, 0.3) is 0 Å². The van der Waals surface area contributed by atoms with Gasteiger partial charge in [-0.3, -0.25) is 9.69 Å². The van der Waals surface area contributed by atoms with E-state index in [1.54, 1.807) is 12.1 Å². The Morgan fingerprint density at radius 1 is 1.17 bits per heavy atom. The predicted octanol–water partition coefficient (Wildman–Crippen LogP) is 4.95. The summed E-state index contributed by atoms with van der Waals surface area (Å²) in [6.45, 7) is 2.73. The van der Waals surface area contributed by atoms with E-state index in [1.807, 2.05) is 12.1 Å². The average molecular weight is 408 g/mol. The van der Waals surface area contributed by atoms with Crippen LogP contribution in [0.3, 0.4) is 0 Å². The summed E-state index contributed by atoms with van der Waals surface area (Å²) in [5.74, 6) is 0.128. The Morgan fingerprint density at radius 3 is 2.58 bits per heavy atom. The molecule has 1 saturated heterocycles. The molecule has 1 atom stereocenters. The second-order valence-corrected chi connectivity index (χ2v) is 7.55. The van der Waals surface area contributed by atoms with Crippen LogP contribution < -0.4 is 5.32 Å². The summed E-state index contributed by atoms with van der Waals surface area (Å²) in [5, 5.41) is 3.67. The number of hydrogen-bond acceptors (Lipinski definition) is 2. The van der Waals surface area contributed by atoms with Crippen molar-refractivity contribution in [3.63, 3.8) is 0 Å².